The van der Waals surface area contributed by atoms with Crippen LogP contribution in [0.5, 0.6) is 0 Å². The molecular formula is C16H21N3O4. The molecule has 7 heteroatoms. The second kappa shape index (κ2) is 6.54. The molecule has 1 aliphatic rings. The average molecular weight is 319 g/mol. The summed E-state index contributed by atoms with van der Waals surface area (Å²) in [7, 11) is 0. The van der Waals surface area contributed by atoms with Gasteiger partial charge >= 0.3 is 0 Å². The van der Waals surface area contributed by atoms with Crippen LogP contribution in [0.15, 0.2) is 14.9 Å². The molecule has 0 N–H and O–H groups in total. The van der Waals surface area contributed by atoms with E-state index >= 15 is 0 Å². The summed E-state index contributed by atoms with van der Waals surface area (Å²) in [6.45, 7) is 7.13. The number of carbonyl (C=O) groups is 1. The van der Waals surface area contributed by atoms with Gasteiger partial charge in [-0.2, -0.15) is 0 Å². The smallest absolute Gasteiger partial charge is 0.289 e. The minimum atomic E-state index is -0.389. The molecule has 7 nitrogen and oxygen atoms in total. The number of nitrogens with zero attached hydrogens (tertiary/aromatic N) is 3. The quantitative estimate of drug-likeness (QED) is 0.860. The fraction of sp³-hybridized carbons (Fsp3) is 0.562. The van der Waals surface area contributed by atoms with E-state index < -0.39 is 0 Å². The van der Waals surface area contributed by atoms with Crippen molar-refractivity contribution in [2.24, 2.45) is 0 Å². The Morgan fingerprint density at radius 3 is 2.74 bits per heavy atom. The van der Waals surface area contributed by atoms with Gasteiger partial charge < -0.3 is 18.5 Å². The normalized spacial score (nSPS) is 18.4. The van der Waals surface area contributed by atoms with Crippen LogP contribution < -0.4 is 0 Å². The number of hydrogen-bond donors (Lipinski definition) is 0. The number of hydrogen-bond acceptors (Lipinski definition) is 6. The maximum absolute atomic E-state index is 12.7. The van der Waals surface area contributed by atoms with E-state index in [4.69, 9.17) is 13.6 Å². The third-order valence-corrected chi connectivity index (χ3v) is 3.98. The number of furan rings is 1. The molecule has 0 unspecified atom stereocenters. The van der Waals surface area contributed by atoms with Gasteiger partial charge in [-0.25, -0.2) is 0 Å². The lowest BCUT2D eigenvalue weighted by Gasteiger charge is -2.30. The van der Waals surface area contributed by atoms with Gasteiger partial charge in [-0.3, -0.25) is 4.79 Å². The maximum atomic E-state index is 12.7. The van der Waals surface area contributed by atoms with Crippen molar-refractivity contribution in [1.29, 1.82) is 0 Å². The Kier molecular flexibility index (Phi) is 4.47. The summed E-state index contributed by atoms with van der Waals surface area (Å²) in [6.07, 6.45) is 1.25. The van der Waals surface area contributed by atoms with Crippen molar-refractivity contribution in [3.05, 3.63) is 34.9 Å². The van der Waals surface area contributed by atoms with E-state index in [2.05, 4.69) is 17.1 Å². The van der Waals surface area contributed by atoms with E-state index in [-0.39, 0.29) is 12.0 Å². The van der Waals surface area contributed by atoms with Gasteiger partial charge in [0.1, 0.15) is 5.76 Å². The Hall–Kier alpha value is -2.15. The summed E-state index contributed by atoms with van der Waals surface area (Å²) in [5.74, 6) is 2.04. The van der Waals surface area contributed by atoms with E-state index in [1.54, 1.807) is 11.8 Å². The van der Waals surface area contributed by atoms with Gasteiger partial charge in [-0.15, -0.1) is 10.2 Å². The molecule has 3 heterocycles. The van der Waals surface area contributed by atoms with Crippen LogP contribution in [0.2, 0.25) is 0 Å². The second-order valence-corrected chi connectivity index (χ2v) is 5.54. The Bertz CT molecular complexity index is 670. The largest absolute Gasteiger partial charge is 0.456 e. The Labute approximate surface area is 134 Å². The molecule has 0 radical (unpaired) electrons. The monoisotopic (exact) mass is 319 g/mol. The third-order valence-electron chi connectivity index (χ3n) is 3.98. The molecule has 124 valence electrons. The molecule has 1 fully saturated rings. The molecule has 1 saturated heterocycles. The van der Waals surface area contributed by atoms with Crippen LogP contribution in [-0.2, 0) is 17.6 Å². The van der Waals surface area contributed by atoms with E-state index in [0.29, 0.717) is 37.2 Å². The number of aryl methyl sites for hydroxylation is 3. The highest BCUT2D eigenvalue weighted by atomic mass is 16.5. The number of carbonyl (C=O) groups excluding carboxylic acids is 1. The highest BCUT2D eigenvalue weighted by molar-refractivity contribution is 5.92. The van der Waals surface area contributed by atoms with Crippen LogP contribution in [0, 0.1) is 6.92 Å². The predicted octanol–water partition coefficient (Wildman–Crippen LogP) is 2.31. The van der Waals surface area contributed by atoms with Gasteiger partial charge in [0, 0.05) is 19.9 Å². The molecule has 0 aliphatic carbocycles. The van der Waals surface area contributed by atoms with Crippen molar-refractivity contribution >= 4 is 5.91 Å². The van der Waals surface area contributed by atoms with Crippen molar-refractivity contribution < 1.29 is 18.4 Å². The van der Waals surface area contributed by atoms with Crippen LogP contribution in [0.25, 0.3) is 0 Å². The lowest BCUT2D eigenvalue weighted by molar-refractivity contribution is -0.0357. The molecule has 1 amide bonds. The minimum absolute atomic E-state index is 0.121. The molecule has 0 aromatic carbocycles. The Morgan fingerprint density at radius 2 is 2.13 bits per heavy atom. The molecule has 0 saturated carbocycles. The fourth-order valence-corrected chi connectivity index (χ4v) is 2.75. The number of amides is 1. The summed E-state index contributed by atoms with van der Waals surface area (Å²) >= 11 is 0. The molecule has 23 heavy (non-hydrogen) atoms. The molecule has 0 spiro atoms. The topological polar surface area (TPSA) is 81.6 Å². The molecule has 2 aromatic heterocycles. The first-order valence-corrected chi connectivity index (χ1v) is 7.94. The molecule has 1 aliphatic heterocycles. The van der Waals surface area contributed by atoms with Crippen molar-refractivity contribution in [2.45, 2.75) is 39.7 Å². The Morgan fingerprint density at radius 1 is 1.30 bits per heavy atom. The first kappa shape index (κ1) is 15.7. The first-order valence-electron chi connectivity index (χ1n) is 7.94. The average Bonchev–Trinajstić information content (AvgIpc) is 3.20. The van der Waals surface area contributed by atoms with Gasteiger partial charge in [0.15, 0.2) is 11.9 Å². The lowest BCUT2D eigenvalue weighted by Crippen LogP contribution is -2.42. The molecular weight excluding hydrogens is 298 g/mol. The maximum Gasteiger partial charge on any atom is 0.289 e. The van der Waals surface area contributed by atoms with E-state index in [1.165, 1.54) is 0 Å². The van der Waals surface area contributed by atoms with Crippen LogP contribution in [0.1, 0.15) is 53.6 Å². The summed E-state index contributed by atoms with van der Waals surface area (Å²) < 4.78 is 16.8. The van der Waals surface area contributed by atoms with Crippen LogP contribution >= 0.6 is 0 Å². The van der Waals surface area contributed by atoms with Crippen molar-refractivity contribution in [3.8, 4) is 0 Å². The van der Waals surface area contributed by atoms with E-state index in [0.717, 1.165) is 24.2 Å². The Balaban J connectivity index is 1.75. The van der Waals surface area contributed by atoms with Crippen LogP contribution in [-0.4, -0.2) is 40.7 Å². The number of rotatable bonds is 4. The summed E-state index contributed by atoms with van der Waals surface area (Å²) in [5.41, 5.74) is 1.09. The zero-order valence-electron chi connectivity index (χ0n) is 13.7. The van der Waals surface area contributed by atoms with Crippen molar-refractivity contribution in [1.82, 2.24) is 15.1 Å². The number of morpholine rings is 1. The van der Waals surface area contributed by atoms with Gasteiger partial charge in [-0.1, -0.05) is 13.8 Å². The van der Waals surface area contributed by atoms with E-state index in [1.807, 2.05) is 13.0 Å². The summed E-state index contributed by atoms with van der Waals surface area (Å²) in [5, 5.41) is 7.79. The van der Waals surface area contributed by atoms with Crippen LogP contribution in [0.4, 0.5) is 0 Å². The minimum Gasteiger partial charge on any atom is -0.456 e. The summed E-state index contributed by atoms with van der Waals surface area (Å²) in [6, 6.07) is 1.85. The van der Waals surface area contributed by atoms with Crippen molar-refractivity contribution in [3.63, 3.8) is 0 Å². The van der Waals surface area contributed by atoms with Crippen LogP contribution in [0.3, 0.4) is 0 Å². The van der Waals surface area contributed by atoms with E-state index in [9.17, 15) is 4.79 Å². The zero-order chi connectivity index (χ0) is 16.4. The third kappa shape index (κ3) is 3.14. The zero-order valence-corrected chi connectivity index (χ0v) is 13.7. The highest BCUT2D eigenvalue weighted by Crippen LogP contribution is 2.24. The number of ether oxygens (including phenoxy) is 1. The van der Waals surface area contributed by atoms with Gasteiger partial charge in [0.2, 0.25) is 11.8 Å². The predicted molar refractivity (Wildman–Crippen MR) is 81.1 cm³/mol. The van der Waals surface area contributed by atoms with Crippen molar-refractivity contribution in [2.75, 3.05) is 19.7 Å². The second-order valence-electron chi connectivity index (χ2n) is 5.54. The molecule has 1 atom stereocenters. The molecule has 2 aromatic rings. The standard InChI is InChI=1S/C16H21N3O4/c1-4-11-8-13(23-12(11)5-2)16(20)19-6-7-21-14(9-19)15-18-17-10(3)22-15/h8,14H,4-7,9H2,1-3H3/t14-/m0/s1. The lowest BCUT2D eigenvalue weighted by atomic mass is 10.1. The fourth-order valence-electron chi connectivity index (χ4n) is 2.75. The number of aromatic nitrogens is 2. The summed E-state index contributed by atoms with van der Waals surface area (Å²) in [4.78, 5) is 14.4. The molecule has 0 bridgehead atoms. The molecule has 3 rings (SSSR count). The highest BCUT2D eigenvalue weighted by Gasteiger charge is 2.31. The van der Waals surface area contributed by atoms with Gasteiger partial charge in [0.25, 0.3) is 5.91 Å². The van der Waals surface area contributed by atoms with Gasteiger partial charge in [-0.05, 0) is 18.1 Å². The van der Waals surface area contributed by atoms with Gasteiger partial charge in [0.05, 0.1) is 13.2 Å². The first-order chi connectivity index (χ1) is 11.1. The SMILES string of the molecule is CCc1cc(C(=O)N2CCO[C@H](c3nnc(C)o3)C2)oc1CC.